The fourth-order valence-corrected chi connectivity index (χ4v) is 5.03. The molecular formula is C26H22FN3O2. The van der Waals surface area contributed by atoms with Gasteiger partial charge in [-0.3, -0.25) is 4.79 Å². The molecule has 3 atom stereocenters. The molecule has 5 rings (SSSR count). The first kappa shape index (κ1) is 20.2. The number of hydrogen-bond acceptors (Lipinski definition) is 4. The molecule has 32 heavy (non-hydrogen) atoms. The third-order valence-electron chi connectivity index (χ3n) is 6.56. The number of carbonyl (C=O) groups is 1. The van der Waals surface area contributed by atoms with Crippen LogP contribution in [-0.2, 0) is 0 Å². The molecule has 1 fully saturated rings. The number of nitriles is 1. The Kier molecular flexibility index (Phi) is 5.12. The molecule has 0 unspecified atom stereocenters. The predicted octanol–water partition coefficient (Wildman–Crippen LogP) is 4.35. The summed E-state index contributed by atoms with van der Waals surface area (Å²) < 4.78 is 14.4. The fraction of sp³-hybridized carbons (Fsp3) is 0.231. The van der Waals surface area contributed by atoms with Gasteiger partial charge in [0.05, 0.1) is 35.9 Å². The molecule has 2 N–H and O–H groups in total. The fourth-order valence-electron chi connectivity index (χ4n) is 5.03. The molecule has 2 aliphatic rings. The molecule has 0 spiro atoms. The van der Waals surface area contributed by atoms with E-state index in [1.54, 1.807) is 23.1 Å². The first-order chi connectivity index (χ1) is 15.6. The summed E-state index contributed by atoms with van der Waals surface area (Å²) in [7, 11) is 0. The number of fused-ring (bicyclic) bond motifs is 3. The van der Waals surface area contributed by atoms with Gasteiger partial charge in [0, 0.05) is 18.2 Å². The van der Waals surface area contributed by atoms with Crippen LogP contribution < -0.4 is 5.32 Å². The lowest BCUT2D eigenvalue weighted by atomic mass is 9.82. The van der Waals surface area contributed by atoms with Crippen LogP contribution in [0.5, 0.6) is 0 Å². The van der Waals surface area contributed by atoms with E-state index in [1.165, 1.54) is 12.1 Å². The summed E-state index contributed by atoms with van der Waals surface area (Å²) in [5, 5.41) is 22.6. The number of hydrogen-bond donors (Lipinski definition) is 2. The number of amides is 1. The van der Waals surface area contributed by atoms with Crippen molar-refractivity contribution in [2.75, 3.05) is 18.5 Å². The number of halogens is 1. The SMILES string of the molecule is N#Cc1cccc(-c2ccc3c(c2)[C@H]2[C@H](CCN2C(=O)c2ccccc2F)[C@H](CO)N3)c1. The molecule has 2 aliphatic heterocycles. The van der Waals surface area contributed by atoms with Gasteiger partial charge in [0.15, 0.2) is 0 Å². The Morgan fingerprint density at radius 1 is 1.12 bits per heavy atom. The molecular weight excluding hydrogens is 405 g/mol. The molecule has 0 aromatic heterocycles. The summed E-state index contributed by atoms with van der Waals surface area (Å²) in [5.74, 6) is -0.850. The van der Waals surface area contributed by atoms with Gasteiger partial charge in [-0.05, 0) is 59.5 Å². The van der Waals surface area contributed by atoms with E-state index in [1.807, 2.05) is 36.4 Å². The normalized spacial score (nSPS) is 21.3. The lowest BCUT2D eigenvalue weighted by Gasteiger charge is -2.39. The summed E-state index contributed by atoms with van der Waals surface area (Å²) in [6.45, 7) is 0.447. The lowest BCUT2D eigenvalue weighted by molar-refractivity contribution is 0.0696. The minimum absolute atomic E-state index is 0.0175. The van der Waals surface area contributed by atoms with Crippen molar-refractivity contribution in [1.82, 2.24) is 4.90 Å². The van der Waals surface area contributed by atoms with Gasteiger partial charge < -0.3 is 15.3 Å². The summed E-state index contributed by atoms with van der Waals surface area (Å²) >= 11 is 0. The number of benzene rings is 3. The van der Waals surface area contributed by atoms with Crippen molar-refractivity contribution < 1.29 is 14.3 Å². The number of carbonyl (C=O) groups excluding carboxylic acids is 1. The summed E-state index contributed by atoms with van der Waals surface area (Å²) in [4.78, 5) is 15.1. The van der Waals surface area contributed by atoms with Crippen LogP contribution in [0.4, 0.5) is 10.1 Å². The average Bonchev–Trinajstić information content (AvgIpc) is 3.29. The van der Waals surface area contributed by atoms with E-state index in [9.17, 15) is 19.6 Å². The number of nitrogens with zero attached hydrogens (tertiary/aromatic N) is 2. The Morgan fingerprint density at radius 3 is 2.72 bits per heavy atom. The first-order valence-corrected chi connectivity index (χ1v) is 10.7. The van der Waals surface area contributed by atoms with Crippen LogP contribution in [0.15, 0.2) is 66.7 Å². The van der Waals surface area contributed by atoms with Crippen molar-refractivity contribution in [2.24, 2.45) is 5.92 Å². The van der Waals surface area contributed by atoms with Crippen molar-refractivity contribution in [1.29, 1.82) is 5.26 Å². The van der Waals surface area contributed by atoms with E-state index < -0.39 is 5.82 Å². The molecule has 0 aliphatic carbocycles. The average molecular weight is 427 g/mol. The van der Waals surface area contributed by atoms with E-state index in [2.05, 4.69) is 11.4 Å². The number of aliphatic hydroxyl groups excluding tert-OH is 1. The monoisotopic (exact) mass is 427 g/mol. The first-order valence-electron chi connectivity index (χ1n) is 10.7. The number of anilines is 1. The Hall–Kier alpha value is -3.69. The topological polar surface area (TPSA) is 76.4 Å². The number of rotatable bonds is 3. The van der Waals surface area contributed by atoms with Gasteiger partial charge in [0.25, 0.3) is 5.91 Å². The van der Waals surface area contributed by atoms with Crippen molar-refractivity contribution >= 4 is 11.6 Å². The van der Waals surface area contributed by atoms with Crippen LogP contribution in [0, 0.1) is 23.1 Å². The van der Waals surface area contributed by atoms with Gasteiger partial charge in [0.2, 0.25) is 0 Å². The molecule has 1 saturated heterocycles. The van der Waals surface area contributed by atoms with Crippen LogP contribution >= 0.6 is 0 Å². The highest BCUT2D eigenvalue weighted by molar-refractivity contribution is 5.95. The molecule has 0 saturated carbocycles. The minimum Gasteiger partial charge on any atom is -0.394 e. The molecule has 0 radical (unpaired) electrons. The lowest BCUT2D eigenvalue weighted by Crippen LogP contribution is -2.43. The second-order valence-electron chi connectivity index (χ2n) is 8.30. The standard InChI is InChI=1S/C26H22FN3O2/c27-22-7-2-1-6-19(22)26(32)30-11-10-20-24(15-31)29-23-9-8-18(13-21(23)25(20)30)17-5-3-4-16(12-17)14-28/h1-9,12-13,20,24-25,29,31H,10-11,15H2/t20-,24+,25-/m1/s1. The number of likely N-dealkylation sites (tertiary alicyclic amines) is 1. The van der Waals surface area contributed by atoms with Crippen molar-refractivity contribution in [2.45, 2.75) is 18.5 Å². The zero-order chi connectivity index (χ0) is 22.2. The predicted molar refractivity (Wildman–Crippen MR) is 119 cm³/mol. The van der Waals surface area contributed by atoms with Crippen LogP contribution in [0.2, 0.25) is 0 Å². The molecule has 3 aromatic rings. The summed E-state index contributed by atoms with van der Waals surface area (Å²) in [6.07, 6.45) is 0.719. The zero-order valence-electron chi connectivity index (χ0n) is 17.3. The second kappa shape index (κ2) is 8.10. The highest BCUT2D eigenvalue weighted by Gasteiger charge is 2.46. The third-order valence-corrected chi connectivity index (χ3v) is 6.56. The highest BCUT2D eigenvalue weighted by atomic mass is 19.1. The largest absolute Gasteiger partial charge is 0.394 e. The van der Waals surface area contributed by atoms with E-state index in [4.69, 9.17) is 0 Å². The maximum atomic E-state index is 14.4. The Balaban J connectivity index is 1.59. The molecule has 6 heteroatoms. The van der Waals surface area contributed by atoms with Gasteiger partial charge in [-0.25, -0.2) is 4.39 Å². The van der Waals surface area contributed by atoms with Crippen LogP contribution in [0.3, 0.4) is 0 Å². The Labute approximate surface area is 185 Å². The molecule has 1 amide bonds. The summed E-state index contributed by atoms with van der Waals surface area (Å²) in [5.41, 5.74) is 4.30. The zero-order valence-corrected chi connectivity index (χ0v) is 17.3. The molecule has 160 valence electrons. The van der Waals surface area contributed by atoms with Gasteiger partial charge in [-0.15, -0.1) is 0 Å². The van der Waals surface area contributed by atoms with E-state index >= 15 is 0 Å². The van der Waals surface area contributed by atoms with Crippen LogP contribution in [-0.4, -0.2) is 35.1 Å². The van der Waals surface area contributed by atoms with Crippen LogP contribution in [0.1, 0.15) is 33.9 Å². The smallest absolute Gasteiger partial charge is 0.257 e. The number of aliphatic hydroxyl groups is 1. The molecule has 0 bridgehead atoms. The minimum atomic E-state index is -0.532. The third kappa shape index (κ3) is 3.31. The van der Waals surface area contributed by atoms with Crippen LogP contribution in [0.25, 0.3) is 11.1 Å². The second-order valence-corrected chi connectivity index (χ2v) is 8.30. The van der Waals surface area contributed by atoms with Gasteiger partial charge in [-0.2, -0.15) is 5.26 Å². The van der Waals surface area contributed by atoms with E-state index in [0.29, 0.717) is 12.1 Å². The van der Waals surface area contributed by atoms with Gasteiger partial charge >= 0.3 is 0 Å². The van der Waals surface area contributed by atoms with E-state index in [0.717, 1.165) is 28.8 Å². The molecule has 3 aromatic carbocycles. The van der Waals surface area contributed by atoms with Crippen molar-refractivity contribution in [3.05, 3.63) is 89.2 Å². The Morgan fingerprint density at radius 2 is 1.94 bits per heavy atom. The maximum absolute atomic E-state index is 14.4. The van der Waals surface area contributed by atoms with E-state index in [-0.39, 0.29) is 36.1 Å². The maximum Gasteiger partial charge on any atom is 0.257 e. The Bertz CT molecular complexity index is 1240. The number of nitrogens with one attached hydrogen (secondary N) is 1. The molecule has 2 heterocycles. The van der Waals surface area contributed by atoms with Gasteiger partial charge in [-0.1, -0.05) is 30.3 Å². The quantitative estimate of drug-likeness (QED) is 0.651. The van der Waals surface area contributed by atoms with Crippen molar-refractivity contribution in [3.8, 4) is 17.2 Å². The van der Waals surface area contributed by atoms with Gasteiger partial charge in [0.1, 0.15) is 5.82 Å². The highest BCUT2D eigenvalue weighted by Crippen LogP contribution is 2.47. The summed E-state index contributed by atoms with van der Waals surface area (Å²) in [6, 6.07) is 21.1. The molecule has 5 nitrogen and oxygen atoms in total. The van der Waals surface area contributed by atoms with Crippen molar-refractivity contribution in [3.63, 3.8) is 0 Å².